The highest BCUT2D eigenvalue weighted by atomic mass is 19.1. The van der Waals surface area contributed by atoms with Crippen molar-refractivity contribution in [3.8, 4) is 0 Å². The maximum Gasteiger partial charge on any atom is 0.319 e. The lowest BCUT2D eigenvalue weighted by Crippen LogP contribution is -2.44. The molecule has 2 N–H and O–H groups in total. The third-order valence-electron chi connectivity index (χ3n) is 3.98. The molecule has 1 atom stereocenters. The summed E-state index contributed by atoms with van der Waals surface area (Å²) in [5.41, 5.74) is 1.72. The van der Waals surface area contributed by atoms with Crippen LogP contribution in [-0.4, -0.2) is 29.9 Å². The fourth-order valence-electron chi connectivity index (χ4n) is 2.89. The van der Waals surface area contributed by atoms with Crippen molar-refractivity contribution >= 4 is 11.9 Å². The Morgan fingerprint density at radius 3 is 2.91 bits per heavy atom. The molecule has 2 aliphatic heterocycles. The summed E-state index contributed by atoms with van der Waals surface area (Å²) in [6.45, 7) is 3.13. The first-order valence-electron chi connectivity index (χ1n) is 7.45. The zero-order valence-electron chi connectivity index (χ0n) is 12.4. The van der Waals surface area contributed by atoms with Crippen LogP contribution < -0.4 is 10.6 Å². The molecule has 0 radical (unpaired) electrons. The second kappa shape index (κ2) is 5.79. The van der Waals surface area contributed by atoms with Gasteiger partial charge in [0.1, 0.15) is 5.82 Å². The van der Waals surface area contributed by atoms with Gasteiger partial charge in [-0.15, -0.1) is 0 Å². The largest absolute Gasteiger partial charge is 0.333 e. The van der Waals surface area contributed by atoms with Crippen molar-refractivity contribution < 1.29 is 14.0 Å². The summed E-state index contributed by atoms with van der Waals surface area (Å²) in [4.78, 5) is 26.2. The number of unbranched alkanes of at least 4 members (excludes halogenated alkanes) is 1. The summed E-state index contributed by atoms with van der Waals surface area (Å²) in [7, 11) is 0. The molecule has 0 bridgehead atoms. The Morgan fingerprint density at radius 2 is 2.18 bits per heavy atom. The minimum Gasteiger partial charge on any atom is -0.333 e. The van der Waals surface area contributed by atoms with E-state index in [4.69, 9.17) is 0 Å². The van der Waals surface area contributed by atoms with E-state index in [0.717, 1.165) is 12.8 Å². The summed E-state index contributed by atoms with van der Waals surface area (Å²) in [6, 6.07) is 5.02. The van der Waals surface area contributed by atoms with E-state index in [-0.39, 0.29) is 17.8 Å². The molecule has 0 aliphatic carbocycles. The van der Waals surface area contributed by atoms with Crippen molar-refractivity contribution in [3.05, 3.63) is 46.9 Å². The molecule has 0 fully saturated rings. The predicted molar refractivity (Wildman–Crippen MR) is 79.3 cm³/mol. The van der Waals surface area contributed by atoms with E-state index >= 15 is 0 Å². The second-order valence-corrected chi connectivity index (χ2v) is 5.56. The second-order valence-electron chi connectivity index (χ2n) is 5.56. The van der Waals surface area contributed by atoms with Crippen LogP contribution in [0.5, 0.6) is 0 Å². The summed E-state index contributed by atoms with van der Waals surface area (Å²) in [5.74, 6) is -0.481. The topological polar surface area (TPSA) is 61.4 Å². The van der Waals surface area contributed by atoms with Gasteiger partial charge in [0.05, 0.1) is 23.9 Å². The van der Waals surface area contributed by atoms with Gasteiger partial charge in [0.2, 0.25) is 0 Å². The summed E-state index contributed by atoms with van der Waals surface area (Å²) in [6.07, 6.45) is 1.91. The highest BCUT2D eigenvalue weighted by Crippen LogP contribution is 2.32. The van der Waals surface area contributed by atoms with E-state index in [1.807, 2.05) is 0 Å². The van der Waals surface area contributed by atoms with Crippen molar-refractivity contribution in [2.24, 2.45) is 0 Å². The number of benzene rings is 1. The molecule has 0 spiro atoms. The smallest absolute Gasteiger partial charge is 0.319 e. The minimum absolute atomic E-state index is 0.0924. The molecular weight excluding hydrogens is 285 g/mol. The highest BCUT2D eigenvalue weighted by molar-refractivity contribution is 6.01. The molecular formula is C16H18FN3O2. The number of nitrogens with one attached hydrogen (secondary N) is 2. The van der Waals surface area contributed by atoms with Gasteiger partial charge in [-0.25, -0.2) is 9.18 Å². The Hall–Kier alpha value is -2.37. The van der Waals surface area contributed by atoms with Gasteiger partial charge in [0.25, 0.3) is 5.91 Å². The van der Waals surface area contributed by atoms with Gasteiger partial charge in [-0.05, 0) is 24.1 Å². The van der Waals surface area contributed by atoms with Gasteiger partial charge >= 0.3 is 6.03 Å². The molecule has 22 heavy (non-hydrogen) atoms. The maximum atomic E-state index is 13.5. The number of rotatable bonds is 4. The molecule has 5 nitrogen and oxygen atoms in total. The van der Waals surface area contributed by atoms with Crippen LogP contribution in [0.15, 0.2) is 35.5 Å². The standard InChI is InChI=1S/C16H18FN3O2/c1-2-3-7-20-9-12-13(15(20)21)14(19-16(22)18-12)10-5-4-6-11(17)8-10/h4-6,8,14H,2-3,7,9H2,1H3,(H2,18,19,22). The number of carbonyl (C=O) groups is 2. The number of halogens is 1. The first-order chi connectivity index (χ1) is 10.6. The SMILES string of the molecule is CCCCN1CC2=C(C1=O)C(c1cccc(F)c1)NC(=O)N2. The molecule has 0 saturated carbocycles. The molecule has 116 valence electrons. The lowest BCUT2D eigenvalue weighted by atomic mass is 9.96. The Balaban J connectivity index is 1.92. The Bertz CT molecular complexity index is 657. The number of hydrogen-bond donors (Lipinski definition) is 2. The molecule has 3 amide bonds. The van der Waals surface area contributed by atoms with Gasteiger partial charge in [-0.2, -0.15) is 0 Å². The highest BCUT2D eigenvalue weighted by Gasteiger charge is 2.40. The molecule has 6 heteroatoms. The Labute approximate surface area is 128 Å². The average Bonchev–Trinajstić information content (AvgIpc) is 2.80. The number of hydrogen-bond acceptors (Lipinski definition) is 2. The average molecular weight is 303 g/mol. The van der Waals surface area contributed by atoms with Crippen molar-refractivity contribution in [1.29, 1.82) is 0 Å². The van der Waals surface area contributed by atoms with E-state index in [2.05, 4.69) is 17.6 Å². The zero-order valence-corrected chi connectivity index (χ0v) is 12.4. The first kappa shape index (κ1) is 14.6. The summed E-state index contributed by atoms with van der Waals surface area (Å²) >= 11 is 0. The van der Waals surface area contributed by atoms with E-state index < -0.39 is 6.04 Å². The molecule has 2 heterocycles. The molecule has 2 aliphatic rings. The first-order valence-corrected chi connectivity index (χ1v) is 7.45. The molecule has 3 rings (SSSR count). The van der Waals surface area contributed by atoms with Gasteiger partial charge in [0, 0.05) is 6.54 Å². The maximum absolute atomic E-state index is 13.5. The van der Waals surface area contributed by atoms with Crippen LogP contribution in [0.4, 0.5) is 9.18 Å². The number of amides is 3. The van der Waals surface area contributed by atoms with Crippen LogP contribution in [0.1, 0.15) is 31.4 Å². The fraction of sp³-hybridized carbons (Fsp3) is 0.375. The number of urea groups is 1. The third kappa shape index (κ3) is 2.56. The van der Waals surface area contributed by atoms with Gasteiger partial charge in [0.15, 0.2) is 0 Å². The van der Waals surface area contributed by atoms with Crippen molar-refractivity contribution in [1.82, 2.24) is 15.5 Å². The van der Waals surface area contributed by atoms with Crippen molar-refractivity contribution in [3.63, 3.8) is 0 Å². The molecule has 1 aromatic carbocycles. The molecule has 0 saturated heterocycles. The Morgan fingerprint density at radius 1 is 1.36 bits per heavy atom. The summed E-state index contributed by atoms with van der Waals surface area (Å²) in [5, 5.41) is 5.42. The van der Waals surface area contributed by atoms with Gasteiger partial charge in [-0.3, -0.25) is 4.79 Å². The quantitative estimate of drug-likeness (QED) is 0.894. The van der Waals surface area contributed by atoms with Crippen LogP contribution in [0.3, 0.4) is 0 Å². The van der Waals surface area contributed by atoms with Crippen LogP contribution in [0, 0.1) is 5.82 Å². The van der Waals surface area contributed by atoms with Gasteiger partial charge in [-0.1, -0.05) is 25.5 Å². The van der Waals surface area contributed by atoms with Crippen LogP contribution in [0.2, 0.25) is 0 Å². The zero-order chi connectivity index (χ0) is 15.7. The predicted octanol–water partition coefficient (Wildman–Crippen LogP) is 2.08. The molecule has 1 unspecified atom stereocenters. The molecule has 1 aromatic rings. The van der Waals surface area contributed by atoms with Gasteiger partial charge < -0.3 is 15.5 Å². The van der Waals surface area contributed by atoms with E-state index in [1.54, 1.807) is 17.0 Å². The lowest BCUT2D eigenvalue weighted by molar-refractivity contribution is -0.125. The minimum atomic E-state index is -0.599. The van der Waals surface area contributed by atoms with Crippen LogP contribution in [-0.2, 0) is 4.79 Å². The van der Waals surface area contributed by atoms with Crippen molar-refractivity contribution in [2.45, 2.75) is 25.8 Å². The number of carbonyl (C=O) groups excluding carboxylic acids is 2. The van der Waals surface area contributed by atoms with Crippen LogP contribution in [0.25, 0.3) is 0 Å². The fourth-order valence-corrected chi connectivity index (χ4v) is 2.89. The van der Waals surface area contributed by atoms with E-state index in [1.165, 1.54) is 12.1 Å². The van der Waals surface area contributed by atoms with Crippen molar-refractivity contribution in [2.75, 3.05) is 13.1 Å². The van der Waals surface area contributed by atoms with E-state index in [0.29, 0.717) is 29.9 Å². The third-order valence-corrected chi connectivity index (χ3v) is 3.98. The van der Waals surface area contributed by atoms with E-state index in [9.17, 15) is 14.0 Å². The Kier molecular flexibility index (Phi) is 3.83. The lowest BCUT2D eigenvalue weighted by Gasteiger charge is -2.25. The van der Waals surface area contributed by atoms with Crippen LogP contribution >= 0.6 is 0 Å². The summed E-state index contributed by atoms with van der Waals surface area (Å²) < 4.78 is 13.5. The molecule has 0 aromatic heterocycles. The number of nitrogens with zero attached hydrogens (tertiary/aromatic N) is 1. The normalized spacial score (nSPS) is 20.8. The monoisotopic (exact) mass is 303 g/mol.